The molecule has 0 unspecified atom stereocenters. The van der Waals surface area contributed by atoms with Crippen molar-refractivity contribution in [2.75, 3.05) is 18.7 Å². The van der Waals surface area contributed by atoms with Crippen LogP contribution < -0.4 is 10.1 Å². The number of carbonyl (C=O) groups excluding carboxylic acids is 1. The summed E-state index contributed by atoms with van der Waals surface area (Å²) in [7, 11) is 1.64. The normalized spacial score (nSPS) is 15.7. The molecule has 1 N–H and O–H groups in total. The van der Waals surface area contributed by atoms with Crippen LogP contribution in [0.3, 0.4) is 0 Å². The molecule has 7 nitrogen and oxygen atoms in total. The Morgan fingerprint density at radius 3 is 2.64 bits per heavy atom. The molecule has 0 aliphatic carbocycles. The Kier molecular flexibility index (Phi) is 5.31. The average molecular weight is 396 g/mol. The molecule has 3 aromatic rings. The van der Waals surface area contributed by atoms with Crippen LogP contribution in [0.1, 0.15) is 27.8 Å². The van der Waals surface area contributed by atoms with E-state index >= 15 is 0 Å². The van der Waals surface area contributed by atoms with Gasteiger partial charge in [0.25, 0.3) is 5.91 Å². The highest BCUT2D eigenvalue weighted by Crippen LogP contribution is 2.28. The van der Waals surface area contributed by atoms with Gasteiger partial charge < -0.3 is 14.8 Å². The Morgan fingerprint density at radius 2 is 1.96 bits per heavy atom. The minimum Gasteiger partial charge on any atom is -0.497 e. The molecule has 144 valence electrons. The van der Waals surface area contributed by atoms with Crippen molar-refractivity contribution in [3.8, 4) is 5.75 Å². The van der Waals surface area contributed by atoms with Gasteiger partial charge in [0, 0.05) is 10.6 Å². The summed E-state index contributed by atoms with van der Waals surface area (Å²) in [6, 6.07) is 15.4. The van der Waals surface area contributed by atoms with Crippen molar-refractivity contribution in [3.63, 3.8) is 0 Å². The Balaban J connectivity index is 1.47. The van der Waals surface area contributed by atoms with Gasteiger partial charge in [0.2, 0.25) is 0 Å². The molecule has 1 atom stereocenters. The van der Waals surface area contributed by atoms with Crippen LogP contribution >= 0.6 is 11.8 Å². The lowest BCUT2D eigenvalue weighted by atomic mass is 10.1. The molecule has 2 aromatic carbocycles. The fraction of sp³-hybridized carbons (Fsp3) is 0.250. The van der Waals surface area contributed by atoms with Gasteiger partial charge >= 0.3 is 0 Å². The number of amides is 1. The van der Waals surface area contributed by atoms with Crippen molar-refractivity contribution < 1.29 is 14.3 Å². The number of aromatic nitrogens is 3. The largest absolute Gasteiger partial charge is 0.497 e. The summed E-state index contributed by atoms with van der Waals surface area (Å²) in [5.74, 6) is 0.509. The van der Waals surface area contributed by atoms with Gasteiger partial charge in [-0.1, -0.05) is 17.3 Å². The first-order chi connectivity index (χ1) is 13.7. The number of ether oxygens (including phenoxy) is 2. The number of rotatable bonds is 5. The van der Waals surface area contributed by atoms with E-state index in [1.165, 1.54) is 0 Å². The van der Waals surface area contributed by atoms with E-state index in [4.69, 9.17) is 9.47 Å². The highest BCUT2D eigenvalue weighted by molar-refractivity contribution is 7.98. The van der Waals surface area contributed by atoms with Crippen molar-refractivity contribution >= 4 is 23.4 Å². The van der Waals surface area contributed by atoms with Crippen LogP contribution in [0.5, 0.6) is 5.75 Å². The SMILES string of the molecule is COc1ccc([C@@H]2Cn3nnc(C(=O)Nc4ccc(SC)cc4)c3CO2)cc1. The van der Waals surface area contributed by atoms with Gasteiger partial charge in [0.05, 0.1) is 26.0 Å². The first kappa shape index (κ1) is 18.5. The maximum absolute atomic E-state index is 12.6. The van der Waals surface area contributed by atoms with Crippen LogP contribution in [0, 0.1) is 0 Å². The highest BCUT2D eigenvalue weighted by Gasteiger charge is 2.27. The van der Waals surface area contributed by atoms with Crippen LogP contribution in [0.2, 0.25) is 0 Å². The number of carbonyl (C=O) groups is 1. The number of thioether (sulfide) groups is 1. The van der Waals surface area contributed by atoms with Crippen molar-refractivity contribution in [1.29, 1.82) is 0 Å². The fourth-order valence-electron chi connectivity index (χ4n) is 3.07. The minimum atomic E-state index is -0.287. The molecule has 1 aliphatic rings. The molecule has 0 fully saturated rings. The summed E-state index contributed by atoms with van der Waals surface area (Å²) < 4.78 is 12.9. The number of methoxy groups -OCH3 is 1. The molecule has 1 aromatic heterocycles. The molecule has 0 radical (unpaired) electrons. The van der Waals surface area contributed by atoms with E-state index in [0.29, 0.717) is 17.9 Å². The zero-order chi connectivity index (χ0) is 19.5. The van der Waals surface area contributed by atoms with Gasteiger partial charge in [-0.25, -0.2) is 4.68 Å². The first-order valence-electron chi connectivity index (χ1n) is 8.81. The fourth-order valence-corrected chi connectivity index (χ4v) is 3.48. The maximum Gasteiger partial charge on any atom is 0.278 e. The zero-order valence-electron chi connectivity index (χ0n) is 15.6. The van der Waals surface area contributed by atoms with E-state index in [0.717, 1.165) is 21.9 Å². The zero-order valence-corrected chi connectivity index (χ0v) is 16.4. The summed E-state index contributed by atoms with van der Waals surface area (Å²) in [6.07, 6.45) is 1.87. The number of anilines is 1. The van der Waals surface area contributed by atoms with Crippen molar-refractivity contribution in [2.24, 2.45) is 0 Å². The lowest BCUT2D eigenvalue weighted by Crippen LogP contribution is -2.24. The van der Waals surface area contributed by atoms with Crippen LogP contribution in [0.25, 0.3) is 0 Å². The molecule has 0 saturated heterocycles. The third kappa shape index (κ3) is 3.74. The van der Waals surface area contributed by atoms with E-state index in [2.05, 4.69) is 15.6 Å². The van der Waals surface area contributed by atoms with Gasteiger partial charge in [-0.05, 0) is 48.2 Å². The topological polar surface area (TPSA) is 78.3 Å². The van der Waals surface area contributed by atoms with Gasteiger partial charge in [-0.15, -0.1) is 16.9 Å². The van der Waals surface area contributed by atoms with E-state index in [1.807, 2.05) is 54.8 Å². The molecule has 0 saturated carbocycles. The molecule has 0 spiro atoms. The standard InChI is InChI=1S/C20H20N4O3S/c1-26-15-7-3-13(4-8-15)18-11-24-17(12-27-18)19(22-23-24)20(25)21-14-5-9-16(28-2)10-6-14/h3-10,18H,11-12H2,1-2H3,(H,21,25)/t18-/m0/s1. The minimum absolute atomic E-state index is 0.143. The lowest BCUT2D eigenvalue weighted by Gasteiger charge is -2.24. The van der Waals surface area contributed by atoms with Crippen LogP contribution in [0.4, 0.5) is 5.69 Å². The van der Waals surface area contributed by atoms with E-state index < -0.39 is 0 Å². The quantitative estimate of drug-likeness (QED) is 0.665. The van der Waals surface area contributed by atoms with Gasteiger partial charge in [-0.3, -0.25) is 4.79 Å². The predicted octanol–water partition coefficient (Wildman–Crippen LogP) is 3.53. The molecule has 1 amide bonds. The number of fused-ring (bicyclic) bond motifs is 1. The monoisotopic (exact) mass is 396 g/mol. The van der Waals surface area contributed by atoms with E-state index in [9.17, 15) is 4.79 Å². The third-order valence-corrected chi connectivity index (χ3v) is 5.39. The molecular weight excluding hydrogens is 376 g/mol. The summed E-state index contributed by atoms with van der Waals surface area (Å²) in [5.41, 5.74) is 2.73. The number of hydrogen-bond acceptors (Lipinski definition) is 6. The first-order valence-corrected chi connectivity index (χ1v) is 10.0. The Hall–Kier alpha value is -2.84. The van der Waals surface area contributed by atoms with E-state index in [-0.39, 0.29) is 18.6 Å². The van der Waals surface area contributed by atoms with Crippen LogP contribution in [-0.2, 0) is 17.9 Å². The lowest BCUT2D eigenvalue weighted by molar-refractivity contribution is -0.00173. The predicted molar refractivity (Wildman–Crippen MR) is 107 cm³/mol. The molecule has 28 heavy (non-hydrogen) atoms. The molecular formula is C20H20N4O3S. The van der Waals surface area contributed by atoms with E-state index in [1.54, 1.807) is 23.6 Å². The van der Waals surface area contributed by atoms with Crippen molar-refractivity contribution in [1.82, 2.24) is 15.0 Å². The van der Waals surface area contributed by atoms with Gasteiger partial charge in [-0.2, -0.15) is 0 Å². The smallest absolute Gasteiger partial charge is 0.278 e. The molecule has 2 heterocycles. The average Bonchev–Trinajstić information content (AvgIpc) is 3.18. The van der Waals surface area contributed by atoms with Crippen LogP contribution in [-0.4, -0.2) is 34.3 Å². The Morgan fingerprint density at radius 1 is 1.21 bits per heavy atom. The summed E-state index contributed by atoms with van der Waals surface area (Å²) >= 11 is 1.65. The second kappa shape index (κ2) is 8.04. The number of nitrogens with one attached hydrogen (secondary N) is 1. The molecule has 4 rings (SSSR count). The second-order valence-corrected chi connectivity index (χ2v) is 7.20. The second-order valence-electron chi connectivity index (χ2n) is 6.32. The Bertz CT molecular complexity index is 970. The molecule has 0 bridgehead atoms. The van der Waals surface area contributed by atoms with Gasteiger partial charge in [0.15, 0.2) is 5.69 Å². The van der Waals surface area contributed by atoms with Crippen molar-refractivity contribution in [3.05, 3.63) is 65.5 Å². The highest BCUT2D eigenvalue weighted by atomic mass is 32.2. The number of nitrogens with zero attached hydrogens (tertiary/aromatic N) is 3. The van der Waals surface area contributed by atoms with Gasteiger partial charge in [0.1, 0.15) is 11.9 Å². The van der Waals surface area contributed by atoms with Crippen LogP contribution in [0.15, 0.2) is 53.4 Å². The molecule has 8 heteroatoms. The third-order valence-electron chi connectivity index (χ3n) is 4.65. The summed E-state index contributed by atoms with van der Waals surface area (Å²) in [5, 5.41) is 11.1. The summed E-state index contributed by atoms with van der Waals surface area (Å²) in [6.45, 7) is 0.780. The Labute approximate surface area is 167 Å². The maximum atomic E-state index is 12.6. The molecule has 1 aliphatic heterocycles. The van der Waals surface area contributed by atoms with Crippen molar-refractivity contribution in [2.45, 2.75) is 24.2 Å². The summed E-state index contributed by atoms with van der Waals surface area (Å²) in [4.78, 5) is 13.8. The number of benzene rings is 2. The number of hydrogen-bond donors (Lipinski definition) is 1.